The number of ketones is 1. The van der Waals surface area contributed by atoms with Crippen LogP contribution in [0, 0.1) is 6.92 Å². The predicted molar refractivity (Wildman–Crippen MR) is 104 cm³/mol. The van der Waals surface area contributed by atoms with Gasteiger partial charge in [0.05, 0.1) is 7.11 Å². The van der Waals surface area contributed by atoms with E-state index in [4.69, 9.17) is 14.2 Å². The van der Waals surface area contributed by atoms with Gasteiger partial charge in [-0.3, -0.25) is 4.79 Å². The molecule has 0 fully saturated rings. The summed E-state index contributed by atoms with van der Waals surface area (Å²) in [6.45, 7) is 7.39. The van der Waals surface area contributed by atoms with Crippen LogP contribution >= 0.6 is 0 Å². The van der Waals surface area contributed by atoms with Crippen LogP contribution in [0.3, 0.4) is 0 Å². The molecule has 0 amide bonds. The van der Waals surface area contributed by atoms with Crippen molar-refractivity contribution in [3.05, 3.63) is 59.2 Å². The van der Waals surface area contributed by atoms with Gasteiger partial charge in [-0.15, -0.1) is 0 Å². The molecule has 0 saturated carbocycles. The topological polar surface area (TPSA) is 61.8 Å². The first-order chi connectivity index (χ1) is 12.8. The fourth-order valence-electron chi connectivity index (χ4n) is 2.65. The zero-order valence-electron chi connectivity index (χ0n) is 16.4. The summed E-state index contributed by atoms with van der Waals surface area (Å²) in [6, 6.07) is 12.6. The summed E-state index contributed by atoms with van der Waals surface area (Å²) in [6.07, 6.45) is -0.892. The van der Waals surface area contributed by atoms with Crippen molar-refractivity contribution >= 4 is 11.8 Å². The van der Waals surface area contributed by atoms with Crippen molar-refractivity contribution in [1.82, 2.24) is 0 Å². The molecule has 2 aromatic rings. The Morgan fingerprint density at radius 2 is 1.67 bits per heavy atom. The van der Waals surface area contributed by atoms with Crippen LogP contribution in [0.4, 0.5) is 0 Å². The summed E-state index contributed by atoms with van der Waals surface area (Å²) in [7, 11) is 1.56. The van der Waals surface area contributed by atoms with Gasteiger partial charge in [0.15, 0.2) is 12.7 Å². The number of benzene rings is 2. The van der Waals surface area contributed by atoms with E-state index in [9.17, 15) is 9.59 Å². The van der Waals surface area contributed by atoms with E-state index in [1.165, 1.54) is 0 Å². The Morgan fingerprint density at radius 3 is 2.26 bits per heavy atom. The van der Waals surface area contributed by atoms with E-state index in [0.29, 0.717) is 17.1 Å². The van der Waals surface area contributed by atoms with Gasteiger partial charge in [-0.2, -0.15) is 0 Å². The monoisotopic (exact) mass is 370 g/mol. The first kappa shape index (κ1) is 20.5. The molecule has 0 aliphatic rings. The molecule has 0 N–H and O–H groups in total. The molecule has 5 heteroatoms. The van der Waals surface area contributed by atoms with E-state index >= 15 is 0 Å². The summed E-state index contributed by atoms with van der Waals surface area (Å²) in [5, 5.41) is 0. The van der Waals surface area contributed by atoms with Crippen molar-refractivity contribution in [2.45, 2.75) is 39.7 Å². The van der Waals surface area contributed by atoms with E-state index in [0.717, 1.165) is 11.1 Å². The number of rotatable bonds is 8. The van der Waals surface area contributed by atoms with Crippen LogP contribution in [0.25, 0.3) is 0 Å². The molecule has 5 nitrogen and oxygen atoms in total. The van der Waals surface area contributed by atoms with Crippen LogP contribution < -0.4 is 9.47 Å². The van der Waals surface area contributed by atoms with Crippen LogP contribution in [-0.4, -0.2) is 31.6 Å². The molecule has 27 heavy (non-hydrogen) atoms. The normalized spacial score (nSPS) is 11.8. The molecule has 0 heterocycles. The van der Waals surface area contributed by atoms with E-state index in [1.807, 2.05) is 25.1 Å². The second-order valence-electron chi connectivity index (χ2n) is 6.71. The van der Waals surface area contributed by atoms with Gasteiger partial charge in [0.25, 0.3) is 0 Å². The fourth-order valence-corrected chi connectivity index (χ4v) is 2.65. The summed E-state index contributed by atoms with van der Waals surface area (Å²) < 4.78 is 16.0. The van der Waals surface area contributed by atoms with Gasteiger partial charge in [-0.25, -0.2) is 4.79 Å². The highest BCUT2D eigenvalue weighted by Gasteiger charge is 2.20. The average Bonchev–Trinajstić information content (AvgIpc) is 2.65. The van der Waals surface area contributed by atoms with Crippen molar-refractivity contribution in [3.8, 4) is 11.5 Å². The Morgan fingerprint density at radius 1 is 1.00 bits per heavy atom. The predicted octanol–water partition coefficient (Wildman–Crippen LogP) is 4.32. The molecule has 0 saturated heterocycles. The fraction of sp³-hybridized carbons (Fsp3) is 0.364. The van der Waals surface area contributed by atoms with Gasteiger partial charge in [-0.05, 0) is 61.2 Å². The van der Waals surface area contributed by atoms with E-state index in [2.05, 4.69) is 13.8 Å². The maximum atomic E-state index is 12.4. The Kier molecular flexibility index (Phi) is 6.99. The minimum atomic E-state index is -0.892. The molecule has 0 aromatic heterocycles. The number of ether oxygens (including phenoxy) is 3. The van der Waals surface area contributed by atoms with Crippen LogP contribution in [0.5, 0.6) is 11.5 Å². The lowest BCUT2D eigenvalue weighted by Gasteiger charge is -2.16. The maximum absolute atomic E-state index is 12.4. The third-order valence-electron chi connectivity index (χ3n) is 4.19. The quantitative estimate of drug-likeness (QED) is 0.511. The number of carbonyl (C=O) groups excluding carboxylic acids is 2. The average molecular weight is 370 g/mol. The zero-order valence-corrected chi connectivity index (χ0v) is 16.4. The van der Waals surface area contributed by atoms with Crippen LogP contribution in [0.2, 0.25) is 0 Å². The number of hydrogen-bond acceptors (Lipinski definition) is 5. The Balaban J connectivity index is 1.95. The molecule has 2 rings (SSSR count). The second-order valence-corrected chi connectivity index (χ2v) is 6.71. The molecule has 144 valence electrons. The molecular formula is C22H26O5. The first-order valence-corrected chi connectivity index (χ1v) is 8.93. The molecule has 0 unspecified atom stereocenters. The second kappa shape index (κ2) is 9.21. The number of carbonyl (C=O) groups is 2. The third kappa shape index (κ3) is 5.58. The number of Topliss-reactive ketones (excluding diaryl/α,β-unsaturated/α-hetero) is 1. The summed E-state index contributed by atoms with van der Waals surface area (Å²) in [5.41, 5.74) is 2.53. The van der Waals surface area contributed by atoms with Crippen molar-refractivity contribution in [1.29, 1.82) is 0 Å². The highest BCUT2D eigenvalue weighted by molar-refractivity contribution is 6.00. The molecule has 0 bridgehead atoms. The Bertz CT molecular complexity index is 793. The molecule has 0 aliphatic heterocycles. The van der Waals surface area contributed by atoms with Crippen LogP contribution in [-0.2, 0) is 9.53 Å². The van der Waals surface area contributed by atoms with Gasteiger partial charge in [0.1, 0.15) is 11.5 Å². The maximum Gasteiger partial charge on any atom is 0.344 e. The number of methoxy groups -OCH3 is 1. The number of hydrogen-bond donors (Lipinski definition) is 0. The van der Waals surface area contributed by atoms with Crippen molar-refractivity contribution in [2.75, 3.05) is 13.7 Å². The first-order valence-electron chi connectivity index (χ1n) is 8.93. The van der Waals surface area contributed by atoms with E-state index in [1.54, 1.807) is 38.3 Å². The number of aryl methyl sites for hydroxylation is 1. The highest BCUT2D eigenvalue weighted by atomic mass is 16.6. The van der Waals surface area contributed by atoms with Crippen molar-refractivity contribution < 1.29 is 23.8 Å². The van der Waals surface area contributed by atoms with E-state index < -0.39 is 12.1 Å². The summed E-state index contributed by atoms with van der Waals surface area (Å²) in [5.74, 6) is 0.733. The van der Waals surface area contributed by atoms with Gasteiger partial charge in [-0.1, -0.05) is 26.0 Å². The minimum Gasteiger partial charge on any atom is -0.497 e. The standard InChI is InChI=1S/C22H26O5/c1-14(2)19-11-6-15(3)12-20(19)26-13-21(23)27-16(4)22(24)17-7-9-18(25-5)10-8-17/h6-12,14,16H,13H2,1-5H3/t16-/m0/s1. The Hall–Kier alpha value is -2.82. The molecule has 0 radical (unpaired) electrons. The molecular weight excluding hydrogens is 344 g/mol. The van der Waals surface area contributed by atoms with Gasteiger partial charge >= 0.3 is 5.97 Å². The van der Waals surface area contributed by atoms with Crippen LogP contribution in [0.1, 0.15) is 48.2 Å². The molecule has 2 aromatic carbocycles. The molecule has 0 aliphatic carbocycles. The molecule has 0 spiro atoms. The SMILES string of the molecule is COc1ccc(C(=O)[C@H](C)OC(=O)COc2cc(C)ccc2C(C)C)cc1. The van der Waals surface area contributed by atoms with Gasteiger partial charge in [0, 0.05) is 5.56 Å². The van der Waals surface area contributed by atoms with E-state index in [-0.39, 0.29) is 18.3 Å². The van der Waals surface area contributed by atoms with Gasteiger partial charge < -0.3 is 14.2 Å². The van der Waals surface area contributed by atoms with Crippen molar-refractivity contribution in [3.63, 3.8) is 0 Å². The number of esters is 1. The third-order valence-corrected chi connectivity index (χ3v) is 4.19. The largest absolute Gasteiger partial charge is 0.497 e. The van der Waals surface area contributed by atoms with Gasteiger partial charge in [0.2, 0.25) is 5.78 Å². The van der Waals surface area contributed by atoms with Crippen molar-refractivity contribution in [2.24, 2.45) is 0 Å². The summed E-state index contributed by atoms with van der Waals surface area (Å²) >= 11 is 0. The highest BCUT2D eigenvalue weighted by Crippen LogP contribution is 2.27. The minimum absolute atomic E-state index is 0.247. The van der Waals surface area contributed by atoms with Crippen LogP contribution in [0.15, 0.2) is 42.5 Å². The zero-order chi connectivity index (χ0) is 20.0. The lowest BCUT2D eigenvalue weighted by Crippen LogP contribution is -2.27. The summed E-state index contributed by atoms with van der Waals surface area (Å²) in [4.78, 5) is 24.5. The lowest BCUT2D eigenvalue weighted by molar-refractivity contribution is -0.148. The molecule has 1 atom stereocenters. The smallest absolute Gasteiger partial charge is 0.344 e. The Labute approximate surface area is 160 Å². The lowest BCUT2D eigenvalue weighted by atomic mass is 10.0.